The van der Waals surface area contributed by atoms with Gasteiger partial charge in [0, 0.05) is 11.8 Å². The van der Waals surface area contributed by atoms with Crippen molar-refractivity contribution in [3.8, 4) is 11.5 Å². The fraction of sp³-hybridized carbons (Fsp3) is 0.529. The summed E-state index contributed by atoms with van der Waals surface area (Å²) in [6.07, 6.45) is 9.21. The van der Waals surface area contributed by atoms with Crippen LogP contribution in [0.2, 0.25) is 0 Å². The molecule has 0 aliphatic heterocycles. The van der Waals surface area contributed by atoms with Crippen molar-refractivity contribution in [1.29, 1.82) is 0 Å². The van der Waals surface area contributed by atoms with Crippen molar-refractivity contribution in [3.05, 3.63) is 24.5 Å². The van der Waals surface area contributed by atoms with Crippen LogP contribution in [-0.4, -0.2) is 28.0 Å². The van der Waals surface area contributed by atoms with Gasteiger partial charge in [0.05, 0.1) is 19.3 Å². The Morgan fingerprint density at radius 1 is 1.13 bits per heavy atom. The Kier molecular flexibility index (Phi) is 3.81. The molecule has 0 unspecified atom stereocenters. The molecule has 2 aliphatic carbocycles. The fourth-order valence-corrected chi connectivity index (χ4v) is 3.01. The van der Waals surface area contributed by atoms with Gasteiger partial charge in [0.25, 0.3) is 0 Å². The second-order valence-electron chi connectivity index (χ2n) is 6.29. The molecular formula is C17H22N4O2. The lowest BCUT2D eigenvalue weighted by atomic mass is 10.2. The SMILES string of the molecule is COc1ccc(Nc2ncn(C3CC3)n2)cc1OC1CCCC1. The molecule has 6 heteroatoms. The van der Waals surface area contributed by atoms with Crippen LogP contribution in [-0.2, 0) is 0 Å². The average Bonchev–Trinajstić information content (AvgIpc) is 3.09. The van der Waals surface area contributed by atoms with Crippen LogP contribution in [0.15, 0.2) is 24.5 Å². The first-order valence-electron chi connectivity index (χ1n) is 8.35. The molecule has 2 aliphatic rings. The predicted octanol–water partition coefficient (Wildman–Crippen LogP) is 3.69. The first-order valence-corrected chi connectivity index (χ1v) is 8.35. The van der Waals surface area contributed by atoms with Crippen molar-refractivity contribution in [3.63, 3.8) is 0 Å². The van der Waals surface area contributed by atoms with Crippen LogP contribution >= 0.6 is 0 Å². The van der Waals surface area contributed by atoms with Gasteiger partial charge in [0.2, 0.25) is 5.95 Å². The molecule has 2 fully saturated rings. The van der Waals surface area contributed by atoms with E-state index in [1.54, 1.807) is 13.4 Å². The lowest BCUT2D eigenvalue weighted by molar-refractivity contribution is 0.201. The molecule has 0 radical (unpaired) electrons. The summed E-state index contributed by atoms with van der Waals surface area (Å²) in [5, 5.41) is 7.71. The van der Waals surface area contributed by atoms with Crippen molar-refractivity contribution in [2.45, 2.75) is 50.7 Å². The molecule has 23 heavy (non-hydrogen) atoms. The molecule has 0 saturated heterocycles. The van der Waals surface area contributed by atoms with Crippen LogP contribution in [0.4, 0.5) is 11.6 Å². The molecule has 0 spiro atoms. The number of anilines is 2. The molecule has 6 nitrogen and oxygen atoms in total. The maximum atomic E-state index is 6.12. The highest BCUT2D eigenvalue weighted by atomic mass is 16.5. The summed E-state index contributed by atoms with van der Waals surface area (Å²) in [5.74, 6) is 2.17. The molecule has 1 aromatic heterocycles. The molecular weight excluding hydrogens is 292 g/mol. The van der Waals surface area contributed by atoms with Crippen LogP contribution in [0.5, 0.6) is 11.5 Å². The van der Waals surface area contributed by atoms with Gasteiger partial charge >= 0.3 is 0 Å². The highest BCUT2D eigenvalue weighted by Crippen LogP contribution is 2.35. The van der Waals surface area contributed by atoms with Crippen LogP contribution in [0.3, 0.4) is 0 Å². The van der Waals surface area contributed by atoms with Crippen molar-refractivity contribution >= 4 is 11.6 Å². The predicted molar refractivity (Wildman–Crippen MR) is 87.5 cm³/mol. The zero-order valence-electron chi connectivity index (χ0n) is 13.4. The normalized spacial score (nSPS) is 18.1. The topological polar surface area (TPSA) is 61.2 Å². The number of aromatic nitrogens is 3. The van der Waals surface area contributed by atoms with Crippen molar-refractivity contribution in [2.75, 3.05) is 12.4 Å². The van der Waals surface area contributed by atoms with Crippen molar-refractivity contribution in [1.82, 2.24) is 14.8 Å². The Morgan fingerprint density at radius 3 is 2.70 bits per heavy atom. The highest BCUT2D eigenvalue weighted by molar-refractivity contribution is 5.59. The Hall–Kier alpha value is -2.24. The summed E-state index contributed by atoms with van der Waals surface area (Å²) in [6.45, 7) is 0. The van der Waals surface area contributed by atoms with Gasteiger partial charge in [-0.05, 0) is 50.7 Å². The minimum absolute atomic E-state index is 0.298. The molecule has 0 bridgehead atoms. The van der Waals surface area contributed by atoms with E-state index in [4.69, 9.17) is 9.47 Å². The van der Waals surface area contributed by atoms with Gasteiger partial charge in [-0.3, -0.25) is 0 Å². The van der Waals surface area contributed by atoms with Gasteiger partial charge in [0.1, 0.15) is 6.33 Å². The molecule has 1 heterocycles. The number of hydrogen-bond donors (Lipinski definition) is 1. The molecule has 0 amide bonds. The Bertz CT molecular complexity index is 675. The van der Waals surface area contributed by atoms with Gasteiger partial charge < -0.3 is 14.8 Å². The van der Waals surface area contributed by atoms with E-state index in [-0.39, 0.29) is 0 Å². The van der Waals surface area contributed by atoms with Crippen molar-refractivity contribution < 1.29 is 9.47 Å². The van der Waals surface area contributed by atoms with Gasteiger partial charge in [0.15, 0.2) is 11.5 Å². The summed E-state index contributed by atoms with van der Waals surface area (Å²) in [4.78, 5) is 4.32. The number of rotatable bonds is 6. The summed E-state index contributed by atoms with van der Waals surface area (Å²) in [7, 11) is 1.67. The molecule has 4 rings (SSSR count). The average molecular weight is 314 g/mol. The van der Waals surface area contributed by atoms with E-state index < -0.39 is 0 Å². The van der Waals surface area contributed by atoms with Crippen LogP contribution in [0.1, 0.15) is 44.6 Å². The number of nitrogens with one attached hydrogen (secondary N) is 1. The standard InChI is InChI=1S/C17H22N4O2/c1-22-15-9-6-12(10-16(15)23-14-4-2-3-5-14)19-17-18-11-21(20-17)13-7-8-13/h6,9-11,13-14H,2-5,7-8H2,1H3,(H,19,20). The largest absolute Gasteiger partial charge is 0.493 e. The number of methoxy groups -OCH3 is 1. The Labute approximate surface area is 135 Å². The summed E-state index contributed by atoms with van der Waals surface area (Å²) >= 11 is 0. The molecule has 2 aromatic rings. The number of benzene rings is 1. The van der Waals surface area contributed by atoms with Crippen LogP contribution < -0.4 is 14.8 Å². The summed E-state index contributed by atoms with van der Waals surface area (Å²) in [6, 6.07) is 6.38. The third kappa shape index (κ3) is 3.25. The maximum Gasteiger partial charge on any atom is 0.246 e. The van der Waals surface area contributed by atoms with Crippen LogP contribution in [0, 0.1) is 0 Å². The van der Waals surface area contributed by atoms with E-state index in [0.717, 1.165) is 30.0 Å². The molecule has 1 N–H and O–H groups in total. The lowest BCUT2D eigenvalue weighted by Gasteiger charge is -2.16. The van der Waals surface area contributed by atoms with Gasteiger partial charge in [-0.2, -0.15) is 0 Å². The summed E-state index contributed by atoms with van der Waals surface area (Å²) < 4.78 is 13.5. The Balaban J connectivity index is 1.50. The van der Waals surface area contributed by atoms with E-state index in [0.29, 0.717) is 18.1 Å². The smallest absolute Gasteiger partial charge is 0.246 e. The van der Waals surface area contributed by atoms with Gasteiger partial charge in [-0.15, -0.1) is 5.10 Å². The van der Waals surface area contributed by atoms with E-state index in [2.05, 4.69) is 15.4 Å². The van der Waals surface area contributed by atoms with E-state index in [1.165, 1.54) is 25.7 Å². The monoisotopic (exact) mass is 314 g/mol. The number of nitrogens with zero attached hydrogens (tertiary/aromatic N) is 3. The lowest BCUT2D eigenvalue weighted by Crippen LogP contribution is -2.11. The van der Waals surface area contributed by atoms with Crippen LogP contribution in [0.25, 0.3) is 0 Å². The molecule has 1 aromatic carbocycles. The molecule has 0 atom stereocenters. The number of hydrogen-bond acceptors (Lipinski definition) is 5. The molecule has 2 saturated carbocycles. The van der Waals surface area contributed by atoms with Gasteiger partial charge in [-0.25, -0.2) is 9.67 Å². The highest BCUT2D eigenvalue weighted by Gasteiger charge is 2.25. The second kappa shape index (κ2) is 6.10. The summed E-state index contributed by atoms with van der Waals surface area (Å²) in [5.41, 5.74) is 0.910. The second-order valence-corrected chi connectivity index (χ2v) is 6.29. The van der Waals surface area contributed by atoms with Crippen molar-refractivity contribution in [2.24, 2.45) is 0 Å². The quantitative estimate of drug-likeness (QED) is 0.881. The maximum absolute atomic E-state index is 6.12. The fourth-order valence-electron chi connectivity index (χ4n) is 3.01. The third-order valence-electron chi connectivity index (χ3n) is 4.45. The molecule has 122 valence electrons. The first kappa shape index (κ1) is 14.4. The van der Waals surface area contributed by atoms with Gasteiger partial charge in [-0.1, -0.05) is 0 Å². The minimum atomic E-state index is 0.298. The first-order chi connectivity index (χ1) is 11.3. The zero-order chi connectivity index (χ0) is 15.6. The van der Waals surface area contributed by atoms with E-state index >= 15 is 0 Å². The minimum Gasteiger partial charge on any atom is -0.493 e. The Morgan fingerprint density at radius 2 is 1.96 bits per heavy atom. The zero-order valence-corrected chi connectivity index (χ0v) is 13.4. The van der Waals surface area contributed by atoms with E-state index in [9.17, 15) is 0 Å². The third-order valence-corrected chi connectivity index (χ3v) is 4.45. The number of ether oxygens (including phenoxy) is 2. The van der Waals surface area contributed by atoms with E-state index in [1.807, 2.05) is 22.9 Å².